The van der Waals surface area contributed by atoms with Gasteiger partial charge in [0.05, 0.1) is 24.3 Å². The molecule has 31 heavy (non-hydrogen) atoms. The van der Waals surface area contributed by atoms with E-state index in [0.29, 0.717) is 28.2 Å². The first kappa shape index (κ1) is 20.8. The van der Waals surface area contributed by atoms with E-state index in [1.807, 2.05) is 24.3 Å². The Morgan fingerprint density at radius 3 is 2.58 bits per heavy atom. The maximum absolute atomic E-state index is 12.7. The Bertz CT molecular complexity index is 1150. The number of nitrogens with one attached hydrogen (secondary N) is 1. The zero-order chi connectivity index (χ0) is 21.8. The van der Waals surface area contributed by atoms with Gasteiger partial charge in [0, 0.05) is 30.1 Å². The molecular weight excluding hydrogens is 410 g/mol. The molecule has 0 saturated carbocycles. The molecule has 0 spiro atoms. The molecule has 6 nitrogen and oxygen atoms in total. The molecule has 1 aliphatic heterocycles. The number of hydrogen-bond donors (Lipinski definition) is 1. The Balaban J connectivity index is 1.57. The molecule has 0 bridgehead atoms. The van der Waals surface area contributed by atoms with Gasteiger partial charge in [-0.25, -0.2) is 4.79 Å². The van der Waals surface area contributed by atoms with Crippen molar-refractivity contribution < 1.29 is 14.3 Å². The lowest BCUT2D eigenvalue weighted by molar-refractivity contribution is 0.0600. The lowest BCUT2D eigenvalue weighted by Gasteiger charge is -2.27. The highest BCUT2D eigenvalue weighted by molar-refractivity contribution is 7.17. The largest absolute Gasteiger partial charge is 0.465 e. The van der Waals surface area contributed by atoms with Gasteiger partial charge in [-0.3, -0.25) is 9.69 Å². The van der Waals surface area contributed by atoms with Crippen molar-refractivity contribution in [3.05, 3.63) is 87.3 Å². The van der Waals surface area contributed by atoms with Crippen LogP contribution in [-0.2, 0) is 24.2 Å². The first-order chi connectivity index (χ1) is 15.1. The van der Waals surface area contributed by atoms with Crippen LogP contribution in [-0.4, -0.2) is 30.4 Å². The minimum Gasteiger partial charge on any atom is -0.465 e. The zero-order valence-corrected chi connectivity index (χ0v) is 17.9. The molecule has 3 aromatic rings. The molecule has 4 rings (SSSR count). The summed E-state index contributed by atoms with van der Waals surface area (Å²) in [5.41, 5.74) is 3.55. The third-order valence-corrected chi connectivity index (χ3v) is 6.41. The van der Waals surface area contributed by atoms with Crippen molar-refractivity contribution >= 4 is 28.2 Å². The quantitative estimate of drug-likeness (QED) is 0.612. The molecule has 0 atom stereocenters. The highest BCUT2D eigenvalue weighted by atomic mass is 32.1. The molecule has 0 aliphatic carbocycles. The number of nitrogens with zero attached hydrogens (tertiary/aromatic N) is 2. The molecule has 0 fully saturated rings. The number of benzene rings is 2. The smallest absolute Gasteiger partial charge is 0.341 e. The van der Waals surface area contributed by atoms with E-state index in [1.54, 1.807) is 24.3 Å². The number of methoxy groups -OCH3 is 1. The summed E-state index contributed by atoms with van der Waals surface area (Å²) in [6, 6.07) is 18.7. The van der Waals surface area contributed by atoms with Crippen molar-refractivity contribution in [2.24, 2.45) is 0 Å². The topological polar surface area (TPSA) is 82.4 Å². The number of amides is 1. The Kier molecular flexibility index (Phi) is 6.12. The van der Waals surface area contributed by atoms with Gasteiger partial charge in [-0.2, -0.15) is 5.26 Å². The predicted molar refractivity (Wildman–Crippen MR) is 119 cm³/mol. The second-order valence-electron chi connectivity index (χ2n) is 7.29. The lowest BCUT2D eigenvalue weighted by atomic mass is 10.0. The lowest BCUT2D eigenvalue weighted by Crippen LogP contribution is -2.29. The third kappa shape index (κ3) is 4.50. The highest BCUT2D eigenvalue weighted by Crippen LogP contribution is 2.38. The maximum atomic E-state index is 12.7. The van der Waals surface area contributed by atoms with E-state index < -0.39 is 5.97 Å². The number of thiophene rings is 1. The molecule has 1 aromatic heterocycles. The number of ether oxygens (including phenoxy) is 1. The fraction of sp³-hybridized carbons (Fsp3) is 0.208. The molecule has 0 unspecified atom stereocenters. The van der Waals surface area contributed by atoms with E-state index in [2.05, 4.69) is 22.3 Å². The summed E-state index contributed by atoms with van der Waals surface area (Å²) in [7, 11) is 1.35. The van der Waals surface area contributed by atoms with Crippen LogP contribution in [0.1, 0.15) is 42.3 Å². The van der Waals surface area contributed by atoms with Gasteiger partial charge in [0.25, 0.3) is 5.91 Å². The monoisotopic (exact) mass is 431 g/mol. The normalized spacial score (nSPS) is 13.2. The minimum absolute atomic E-state index is 0.325. The Hall–Kier alpha value is -3.47. The number of fused-ring (bicyclic) bond motifs is 1. The van der Waals surface area contributed by atoms with E-state index in [0.717, 1.165) is 30.0 Å². The fourth-order valence-electron chi connectivity index (χ4n) is 3.71. The van der Waals surface area contributed by atoms with E-state index in [4.69, 9.17) is 10.00 Å². The van der Waals surface area contributed by atoms with Gasteiger partial charge in [0.1, 0.15) is 5.00 Å². The Morgan fingerprint density at radius 1 is 1.16 bits per heavy atom. The van der Waals surface area contributed by atoms with Gasteiger partial charge >= 0.3 is 5.97 Å². The number of carbonyl (C=O) groups excluding carboxylic acids is 2. The number of hydrogen-bond acceptors (Lipinski definition) is 6. The van der Waals surface area contributed by atoms with Crippen LogP contribution < -0.4 is 5.32 Å². The minimum atomic E-state index is -0.441. The molecule has 1 N–H and O–H groups in total. The van der Waals surface area contributed by atoms with Crippen molar-refractivity contribution in [1.29, 1.82) is 5.26 Å². The van der Waals surface area contributed by atoms with Gasteiger partial charge in [-0.15, -0.1) is 11.3 Å². The second-order valence-corrected chi connectivity index (χ2v) is 8.39. The molecular formula is C24H21N3O3S. The van der Waals surface area contributed by atoms with Gasteiger partial charge in [-0.05, 0) is 41.8 Å². The summed E-state index contributed by atoms with van der Waals surface area (Å²) in [6.45, 7) is 2.37. The van der Waals surface area contributed by atoms with E-state index in [9.17, 15) is 9.59 Å². The Morgan fingerprint density at radius 2 is 1.90 bits per heavy atom. The molecule has 1 aliphatic rings. The first-order valence-corrected chi connectivity index (χ1v) is 10.7. The van der Waals surface area contributed by atoms with Crippen LogP contribution in [0.2, 0.25) is 0 Å². The van der Waals surface area contributed by atoms with Crippen molar-refractivity contribution in [2.45, 2.75) is 19.5 Å². The Labute approximate surface area is 184 Å². The fourth-order valence-corrected chi connectivity index (χ4v) is 4.98. The van der Waals surface area contributed by atoms with E-state index >= 15 is 0 Å². The SMILES string of the molecule is COC(=O)c1c(NC(=O)c2ccc(C#N)cc2)sc2c1CCN(Cc1ccccc1)C2. The number of nitriles is 1. The standard InChI is InChI=1S/C24H21N3O3S/c1-30-24(29)21-19-11-12-27(14-17-5-3-2-4-6-17)15-20(19)31-23(21)26-22(28)18-9-7-16(13-25)8-10-18/h2-10H,11-12,14-15H2,1H3,(H,26,28). The maximum Gasteiger partial charge on any atom is 0.341 e. The summed E-state index contributed by atoms with van der Waals surface area (Å²) in [4.78, 5) is 28.7. The average molecular weight is 432 g/mol. The summed E-state index contributed by atoms with van der Waals surface area (Å²) in [5, 5.41) is 12.3. The van der Waals surface area contributed by atoms with Gasteiger partial charge in [0.2, 0.25) is 0 Å². The molecule has 1 amide bonds. The van der Waals surface area contributed by atoms with E-state index in [-0.39, 0.29) is 5.91 Å². The molecule has 2 aromatic carbocycles. The van der Waals surface area contributed by atoms with Crippen LogP contribution in [0, 0.1) is 11.3 Å². The average Bonchev–Trinajstić information content (AvgIpc) is 3.16. The second kappa shape index (κ2) is 9.13. The van der Waals surface area contributed by atoms with Crippen LogP contribution in [0.5, 0.6) is 0 Å². The van der Waals surface area contributed by atoms with Gasteiger partial charge < -0.3 is 10.1 Å². The number of carbonyl (C=O) groups is 2. The predicted octanol–water partition coefficient (Wildman–Crippen LogP) is 4.22. The van der Waals surface area contributed by atoms with Crippen LogP contribution in [0.3, 0.4) is 0 Å². The summed E-state index contributed by atoms with van der Waals surface area (Å²) in [6.07, 6.45) is 0.718. The number of rotatable bonds is 5. The van der Waals surface area contributed by atoms with Crippen molar-refractivity contribution in [2.75, 3.05) is 19.0 Å². The zero-order valence-electron chi connectivity index (χ0n) is 17.1. The van der Waals surface area contributed by atoms with Crippen LogP contribution in [0.4, 0.5) is 5.00 Å². The number of esters is 1. The van der Waals surface area contributed by atoms with Crippen LogP contribution >= 0.6 is 11.3 Å². The van der Waals surface area contributed by atoms with Crippen LogP contribution in [0.25, 0.3) is 0 Å². The van der Waals surface area contributed by atoms with E-state index in [1.165, 1.54) is 24.0 Å². The molecule has 0 radical (unpaired) electrons. The third-order valence-electron chi connectivity index (χ3n) is 5.28. The number of anilines is 1. The molecule has 7 heteroatoms. The van der Waals surface area contributed by atoms with Crippen molar-refractivity contribution in [3.63, 3.8) is 0 Å². The first-order valence-electron chi connectivity index (χ1n) is 9.89. The van der Waals surface area contributed by atoms with Crippen molar-refractivity contribution in [3.8, 4) is 6.07 Å². The van der Waals surface area contributed by atoms with Crippen molar-refractivity contribution in [1.82, 2.24) is 4.90 Å². The molecule has 2 heterocycles. The highest BCUT2D eigenvalue weighted by Gasteiger charge is 2.29. The summed E-state index contributed by atoms with van der Waals surface area (Å²) < 4.78 is 5.01. The molecule has 0 saturated heterocycles. The summed E-state index contributed by atoms with van der Waals surface area (Å²) >= 11 is 1.42. The van der Waals surface area contributed by atoms with Gasteiger partial charge in [-0.1, -0.05) is 30.3 Å². The summed E-state index contributed by atoms with van der Waals surface area (Å²) in [5.74, 6) is -0.765. The van der Waals surface area contributed by atoms with Gasteiger partial charge in [0.15, 0.2) is 0 Å². The van der Waals surface area contributed by atoms with Crippen LogP contribution in [0.15, 0.2) is 54.6 Å². The molecule has 156 valence electrons.